The molecule has 0 aliphatic rings. The van der Waals surface area contributed by atoms with E-state index in [0.29, 0.717) is 11.3 Å². The van der Waals surface area contributed by atoms with Crippen molar-refractivity contribution in [1.82, 2.24) is 4.57 Å². The molecule has 1 aromatic heterocycles. The summed E-state index contributed by atoms with van der Waals surface area (Å²) < 4.78 is 11.1. The normalized spacial score (nSPS) is 10.3. The van der Waals surface area contributed by atoms with Gasteiger partial charge in [0.1, 0.15) is 12.3 Å². The van der Waals surface area contributed by atoms with Crippen molar-refractivity contribution in [3.05, 3.63) is 40.7 Å². The fourth-order valence-corrected chi connectivity index (χ4v) is 1.77. The SMILES string of the molecule is COC(=O)Cn1c(=O)ccc2cc(OC)ccc21. The monoisotopic (exact) mass is 247 g/mol. The van der Waals surface area contributed by atoms with Crippen LogP contribution in [0.5, 0.6) is 5.75 Å². The lowest BCUT2D eigenvalue weighted by Gasteiger charge is -2.09. The Labute approximate surface area is 104 Å². The first-order valence-corrected chi connectivity index (χ1v) is 5.40. The number of rotatable bonds is 3. The zero-order valence-electron chi connectivity index (χ0n) is 10.2. The van der Waals surface area contributed by atoms with Gasteiger partial charge in [0, 0.05) is 11.5 Å². The molecule has 18 heavy (non-hydrogen) atoms. The lowest BCUT2D eigenvalue weighted by Crippen LogP contribution is -2.24. The summed E-state index contributed by atoms with van der Waals surface area (Å²) in [6.45, 7) is -0.0982. The van der Waals surface area contributed by atoms with E-state index in [1.807, 2.05) is 6.07 Å². The predicted octanol–water partition coefficient (Wildman–Crippen LogP) is 1.18. The largest absolute Gasteiger partial charge is 0.497 e. The molecule has 0 aliphatic carbocycles. The molecule has 0 bridgehead atoms. The van der Waals surface area contributed by atoms with Crippen molar-refractivity contribution in [2.75, 3.05) is 14.2 Å². The van der Waals surface area contributed by atoms with Crippen molar-refractivity contribution in [2.45, 2.75) is 6.54 Å². The Morgan fingerprint density at radius 2 is 2.00 bits per heavy atom. The molecule has 0 aliphatic heterocycles. The number of fused-ring (bicyclic) bond motifs is 1. The third-order valence-corrected chi connectivity index (χ3v) is 2.71. The predicted molar refractivity (Wildman–Crippen MR) is 66.8 cm³/mol. The fraction of sp³-hybridized carbons (Fsp3) is 0.231. The number of ether oxygens (including phenoxy) is 2. The number of hydrogen-bond donors (Lipinski definition) is 0. The van der Waals surface area contributed by atoms with Gasteiger partial charge in [-0.2, -0.15) is 0 Å². The van der Waals surface area contributed by atoms with E-state index in [1.165, 1.54) is 17.7 Å². The van der Waals surface area contributed by atoms with E-state index in [4.69, 9.17) is 4.74 Å². The van der Waals surface area contributed by atoms with Crippen molar-refractivity contribution in [3.63, 3.8) is 0 Å². The second kappa shape index (κ2) is 4.91. The molecular formula is C13H13NO4. The van der Waals surface area contributed by atoms with E-state index in [1.54, 1.807) is 25.3 Å². The van der Waals surface area contributed by atoms with Crippen LogP contribution in [-0.2, 0) is 16.1 Å². The van der Waals surface area contributed by atoms with Crippen LogP contribution in [0, 0.1) is 0 Å². The van der Waals surface area contributed by atoms with E-state index >= 15 is 0 Å². The van der Waals surface area contributed by atoms with Crippen LogP contribution in [-0.4, -0.2) is 24.8 Å². The molecule has 0 saturated carbocycles. The van der Waals surface area contributed by atoms with Gasteiger partial charge in [-0.25, -0.2) is 0 Å². The van der Waals surface area contributed by atoms with Gasteiger partial charge in [-0.3, -0.25) is 14.2 Å². The molecule has 0 atom stereocenters. The average Bonchev–Trinajstić information content (AvgIpc) is 2.41. The van der Waals surface area contributed by atoms with Crippen LogP contribution in [0.4, 0.5) is 0 Å². The molecule has 1 aromatic carbocycles. The number of benzene rings is 1. The van der Waals surface area contributed by atoms with Crippen LogP contribution in [0.15, 0.2) is 35.1 Å². The maximum atomic E-state index is 11.8. The maximum absolute atomic E-state index is 11.8. The van der Waals surface area contributed by atoms with Gasteiger partial charge in [0.15, 0.2) is 0 Å². The van der Waals surface area contributed by atoms with Gasteiger partial charge in [0.05, 0.1) is 19.7 Å². The van der Waals surface area contributed by atoms with Crippen LogP contribution >= 0.6 is 0 Å². The number of methoxy groups -OCH3 is 2. The zero-order valence-corrected chi connectivity index (χ0v) is 10.2. The van der Waals surface area contributed by atoms with Gasteiger partial charge in [0.2, 0.25) is 0 Å². The molecule has 0 radical (unpaired) electrons. The maximum Gasteiger partial charge on any atom is 0.325 e. The summed E-state index contributed by atoms with van der Waals surface area (Å²) in [7, 11) is 2.87. The minimum absolute atomic E-state index is 0.0982. The topological polar surface area (TPSA) is 57.5 Å². The van der Waals surface area contributed by atoms with Crippen LogP contribution in [0.1, 0.15) is 0 Å². The van der Waals surface area contributed by atoms with Crippen LogP contribution in [0.3, 0.4) is 0 Å². The zero-order chi connectivity index (χ0) is 13.1. The minimum Gasteiger partial charge on any atom is -0.497 e. The Bertz CT molecular complexity index is 645. The molecule has 0 fully saturated rings. The van der Waals surface area contributed by atoms with E-state index in [0.717, 1.165) is 5.39 Å². The quantitative estimate of drug-likeness (QED) is 0.764. The third-order valence-electron chi connectivity index (χ3n) is 2.71. The van der Waals surface area contributed by atoms with E-state index in [2.05, 4.69) is 4.74 Å². The van der Waals surface area contributed by atoms with Crippen molar-refractivity contribution in [2.24, 2.45) is 0 Å². The van der Waals surface area contributed by atoms with Gasteiger partial charge < -0.3 is 9.47 Å². The molecule has 0 spiro atoms. The lowest BCUT2D eigenvalue weighted by atomic mass is 10.2. The average molecular weight is 247 g/mol. The van der Waals surface area contributed by atoms with Gasteiger partial charge in [0.25, 0.3) is 5.56 Å². The number of carbonyl (C=O) groups is 1. The smallest absolute Gasteiger partial charge is 0.325 e. The standard InChI is InChI=1S/C13H13NO4/c1-17-10-4-5-11-9(7-10)3-6-12(15)14(11)8-13(16)18-2/h3-7H,8H2,1-2H3. The van der Waals surface area contributed by atoms with Gasteiger partial charge >= 0.3 is 5.97 Å². The first-order valence-electron chi connectivity index (χ1n) is 5.40. The highest BCUT2D eigenvalue weighted by Gasteiger charge is 2.08. The van der Waals surface area contributed by atoms with E-state index in [9.17, 15) is 9.59 Å². The second-order valence-corrected chi connectivity index (χ2v) is 3.76. The highest BCUT2D eigenvalue weighted by molar-refractivity contribution is 5.82. The summed E-state index contributed by atoms with van der Waals surface area (Å²) in [5.74, 6) is 0.242. The highest BCUT2D eigenvalue weighted by atomic mass is 16.5. The summed E-state index contributed by atoms with van der Waals surface area (Å²) in [4.78, 5) is 23.1. The fourth-order valence-electron chi connectivity index (χ4n) is 1.77. The molecule has 5 heteroatoms. The van der Waals surface area contributed by atoms with E-state index in [-0.39, 0.29) is 12.1 Å². The van der Waals surface area contributed by atoms with E-state index < -0.39 is 5.97 Å². The van der Waals surface area contributed by atoms with Crippen molar-refractivity contribution in [1.29, 1.82) is 0 Å². The highest BCUT2D eigenvalue weighted by Crippen LogP contribution is 2.19. The first-order chi connectivity index (χ1) is 8.65. The van der Waals surface area contributed by atoms with Crippen molar-refractivity contribution in [3.8, 4) is 5.75 Å². The van der Waals surface area contributed by atoms with Crippen molar-refractivity contribution < 1.29 is 14.3 Å². The summed E-state index contributed by atoms with van der Waals surface area (Å²) >= 11 is 0. The number of aromatic nitrogens is 1. The third kappa shape index (κ3) is 2.20. The Morgan fingerprint density at radius 3 is 2.67 bits per heavy atom. The Kier molecular flexibility index (Phi) is 3.32. The summed E-state index contributed by atoms with van der Waals surface area (Å²) in [5, 5.41) is 0.831. The lowest BCUT2D eigenvalue weighted by molar-refractivity contribution is -0.141. The number of pyridine rings is 1. The van der Waals surface area contributed by atoms with Crippen LogP contribution in [0.2, 0.25) is 0 Å². The van der Waals surface area contributed by atoms with Crippen LogP contribution in [0.25, 0.3) is 10.9 Å². The van der Waals surface area contributed by atoms with Crippen molar-refractivity contribution >= 4 is 16.9 Å². The van der Waals surface area contributed by atoms with Gasteiger partial charge in [-0.15, -0.1) is 0 Å². The summed E-state index contributed by atoms with van der Waals surface area (Å²) in [6.07, 6.45) is 0. The molecule has 2 rings (SSSR count). The second-order valence-electron chi connectivity index (χ2n) is 3.76. The number of carbonyl (C=O) groups excluding carboxylic acids is 1. The number of hydrogen-bond acceptors (Lipinski definition) is 4. The molecule has 5 nitrogen and oxygen atoms in total. The molecule has 0 saturated heterocycles. The molecule has 0 unspecified atom stereocenters. The van der Waals surface area contributed by atoms with Gasteiger partial charge in [-0.1, -0.05) is 0 Å². The molecule has 2 aromatic rings. The molecule has 1 heterocycles. The Morgan fingerprint density at radius 1 is 1.22 bits per heavy atom. The minimum atomic E-state index is -0.458. The Balaban J connectivity index is 2.60. The number of esters is 1. The molecule has 0 N–H and O–H groups in total. The molecule has 94 valence electrons. The summed E-state index contributed by atoms with van der Waals surface area (Å²) in [5.41, 5.74) is 0.437. The van der Waals surface area contributed by atoms with Gasteiger partial charge in [-0.05, 0) is 24.3 Å². The molecule has 0 amide bonds. The Hall–Kier alpha value is -2.30. The van der Waals surface area contributed by atoms with Crippen LogP contribution < -0.4 is 10.3 Å². The number of nitrogens with zero attached hydrogens (tertiary/aromatic N) is 1. The summed E-state index contributed by atoms with van der Waals surface area (Å²) in [6, 6.07) is 8.43. The molecular weight excluding hydrogens is 234 g/mol. The first kappa shape index (κ1) is 12.2.